The molecule has 1 aromatic rings. The molecule has 2 nitrogen and oxygen atoms in total. The topological polar surface area (TPSA) is 20.3 Å². The fourth-order valence-corrected chi connectivity index (χ4v) is 4.06. The van der Waals surface area contributed by atoms with Gasteiger partial charge in [-0.05, 0) is 49.4 Å². The molecule has 0 bridgehead atoms. The highest BCUT2D eigenvalue weighted by atomic mass is 16.1. The Morgan fingerprint density at radius 1 is 1.14 bits per heavy atom. The van der Waals surface area contributed by atoms with Crippen LogP contribution in [-0.4, -0.2) is 29.3 Å². The molecule has 1 unspecified atom stereocenters. The Bertz CT molecular complexity index is 486. The zero-order valence-corrected chi connectivity index (χ0v) is 14.0. The zero-order chi connectivity index (χ0) is 15.5. The second kappa shape index (κ2) is 6.74. The molecule has 21 heavy (non-hydrogen) atoms. The summed E-state index contributed by atoms with van der Waals surface area (Å²) in [5.74, 6) is 0.887. The van der Waals surface area contributed by atoms with Gasteiger partial charge in [-0.15, -0.1) is 0 Å². The van der Waals surface area contributed by atoms with Crippen molar-refractivity contribution in [2.45, 2.75) is 64.8 Å². The van der Waals surface area contributed by atoms with Crippen molar-refractivity contribution in [2.24, 2.45) is 0 Å². The number of hydrogen-bond acceptors (Lipinski definition) is 2. The number of rotatable bonds is 8. The van der Waals surface area contributed by atoms with E-state index >= 15 is 0 Å². The van der Waals surface area contributed by atoms with Gasteiger partial charge in [-0.2, -0.15) is 0 Å². The summed E-state index contributed by atoms with van der Waals surface area (Å²) in [6.07, 6.45) is 3.61. The molecule has 1 aliphatic carbocycles. The van der Waals surface area contributed by atoms with Crippen molar-refractivity contribution in [3.8, 4) is 0 Å². The summed E-state index contributed by atoms with van der Waals surface area (Å²) in [5, 5.41) is 0. The van der Waals surface area contributed by atoms with E-state index < -0.39 is 0 Å². The molecule has 0 aliphatic heterocycles. The minimum atomic E-state index is -0.256. The van der Waals surface area contributed by atoms with Crippen LogP contribution in [0.15, 0.2) is 24.3 Å². The summed E-state index contributed by atoms with van der Waals surface area (Å²) >= 11 is 0. The molecule has 0 fully saturated rings. The number of nitrogens with zero attached hydrogens (tertiary/aromatic N) is 1. The van der Waals surface area contributed by atoms with Crippen LogP contribution >= 0.6 is 0 Å². The number of likely N-dealkylation sites (N-methyl/N-ethyl adjacent to an activating group) is 1. The molecule has 0 heterocycles. The maximum atomic E-state index is 13.1. The number of fused-ring (bicyclic) bond motifs is 1. The minimum absolute atomic E-state index is 0.256. The van der Waals surface area contributed by atoms with E-state index in [2.05, 4.69) is 56.9 Å². The third-order valence-electron chi connectivity index (χ3n) is 5.45. The number of benzene rings is 1. The molecule has 0 spiro atoms. The van der Waals surface area contributed by atoms with Gasteiger partial charge in [0.15, 0.2) is 5.78 Å². The van der Waals surface area contributed by atoms with Gasteiger partial charge < -0.3 is 0 Å². The standard InChI is InChI=1S/C19H29NO/c1-5-19(6-2,20(7-3)8-4)18(21)14-16-13-15-11-9-10-12-17(15)16/h9-12,16H,5-8,13-14H2,1-4H3. The van der Waals surface area contributed by atoms with Crippen molar-refractivity contribution < 1.29 is 4.79 Å². The average Bonchev–Trinajstić information content (AvgIpc) is 2.50. The fourth-order valence-electron chi connectivity index (χ4n) is 4.06. The Kier molecular flexibility index (Phi) is 5.21. The molecule has 1 aliphatic rings. The van der Waals surface area contributed by atoms with Crippen LogP contribution in [-0.2, 0) is 11.2 Å². The van der Waals surface area contributed by atoms with Gasteiger partial charge in [-0.1, -0.05) is 52.0 Å². The first-order chi connectivity index (χ1) is 10.1. The van der Waals surface area contributed by atoms with E-state index in [1.165, 1.54) is 11.1 Å². The van der Waals surface area contributed by atoms with Crippen LogP contribution < -0.4 is 0 Å². The Morgan fingerprint density at radius 2 is 1.76 bits per heavy atom. The smallest absolute Gasteiger partial charge is 0.153 e. The number of hydrogen-bond donors (Lipinski definition) is 0. The quantitative estimate of drug-likeness (QED) is 0.714. The third-order valence-corrected chi connectivity index (χ3v) is 5.45. The summed E-state index contributed by atoms with van der Waals surface area (Å²) in [7, 11) is 0. The molecule has 1 aromatic carbocycles. The average molecular weight is 287 g/mol. The van der Waals surface area contributed by atoms with Crippen molar-refractivity contribution >= 4 is 5.78 Å². The molecule has 0 radical (unpaired) electrons. The highest BCUT2D eigenvalue weighted by Crippen LogP contribution is 2.39. The molecule has 0 N–H and O–H groups in total. The number of ketones is 1. The van der Waals surface area contributed by atoms with Crippen molar-refractivity contribution in [1.82, 2.24) is 4.90 Å². The molecule has 0 saturated heterocycles. The highest BCUT2D eigenvalue weighted by Gasteiger charge is 2.41. The summed E-state index contributed by atoms with van der Waals surface area (Å²) in [5.41, 5.74) is 2.57. The first-order valence-corrected chi connectivity index (χ1v) is 8.49. The van der Waals surface area contributed by atoms with E-state index in [4.69, 9.17) is 0 Å². The lowest BCUT2D eigenvalue weighted by molar-refractivity contribution is -0.132. The van der Waals surface area contributed by atoms with Gasteiger partial charge in [0.05, 0.1) is 5.54 Å². The molecular weight excluding hydrogens is 258 g/mol. The van der Waals surface area contributed by atoms with E-state index in [-0.39, 0.29) is 5.54 Å². The lowest BCUT2D eigenvalue weighted by atomic mass is 9.72. The largest absolute Gasteiger partial charge is 0.298 e. The number of carbonyl (C=O) groups is 1. The fraction of sp³-hybridized carbons (Fsp3) is 0.632. The normalized spacial score (nSPS) is 17.5. The van der Waals surface area contributed by atoms with Crippen LogP contribution in [0.2, 0.25) is 0 Å². The number of Topliss-reactive ketones (excluding diaryl/α,β-unsaturated/α-hetero) is 1. The minimum Gasteiger partial charge on any atom is -0.298 e. The first-order valence-electron chi connectivity index (χ1n) is 8.49. The molecule has 0 saturated carbocycles. The highest BCUT2D eigenvalue weighted by molar-refractivity contribution is 5.89. The SMILES string of the molecule is CCN(CC)C(CC)(CC)C(=O)CC1Cc2ccccc21. The van der Waals surface area contributed by atoms with Crippen LogP contribution in [0, 0.1) is 0 Å². The van der Waals surface area contributed by atoms with Crippen molar-refractivity contribution in [3.63, 3.8) is 0 Å². The predicted octanol–water partition coefficient (Wildman–Crippen LogP) is 4.19. The van der Waals surface area contributed by atoms with Crippen LogP contribution in [0.5, 0.6) is 0 Å². The van der Waals surface area contributed by atoms with E-state index in [0.29, 0.717) is 18.1 Å². The second-order valence-corrected chi connectivity index (χ2v) is 6.14. The van der Waals surface area contributed by atoms with Gasteiger partial charge in [0.2, 0.25) is 0 Å². The lowest BCUT2D eigenvalue weighted by Crippen LogP contribution is -2.54. The van der Waals surface area contributed by atoms with Crippen LogP contribution in [0.3, 0.4) is 0 Å². The Balaban J connectivity index is 2.14. The molecule has 0 aromatic heterocycles. The molecule has 2 heteroatoms. The van der Waals surface area contributed by atoms with Crippen molar-refractivity contribution in [1.29, 1.82) is 0 Å². The van der Waals surface area contributed by atoms with Gasteiger partial charge in [0, 0.05) is 6.42 Å². The van der Waals surface area contributed by atoms with Crippen LogP contribution in [0.1, 0.15) is 64.0 Å². The Hall–Kier alpha value is -1.15. The third kappa shape index (κ3) is 2.78. The molecule has 0 amide bonds. The Morgan fingerprint density at radius 3 is 2.29 bits per heavy atom. The number of carbonyl (C=O) groups excluding carboxylic acids is 1. The van der Waals surface area contributed by atoms with E-state index in [1.807, 2.05) is 0 Å². The van der Waals surface area contributed by atoms with E-state index in [1.54, 1.807) is 0 Å². The van der Waals surface area contributed by atoms with E-state index in [0.717, 1.165) is 32.4 Å². The van der Waals surface area contributed by atoms with Crippen molar-refractivity contribution in [2.75, 3.05) is 13.1 Å². The maximum absolute atomic E-state index is 13.1. The summed E-state index contributed by atoms with van der Waals surface area (Å²) in [6.45, 7) is 10.5. The Labute approximate surface area is 129 Å². The molecule has 116 valence electrons. The molecule has 1 atom stereocenters. The van der Waals surface area contributed by atoms with Gasteiger partial charge in [-0.3, -0.25) is 9.69 Å². The van der Waals surface area contributed by atoms with Crippen molar-refractivity contribution in [3.05, 3.63) is 35.4 Å². The van der Waals surface area contributed by atoms with Gasteiger partial charge in [0.25, 0.3) is 0 Å². The molecular formula is C19H29NO. The van der Waals surface area contributed by atoms with Gasteiger partial charge in [-0.25, -0.2) is 0 Å². The van der Waals surface area contributed by atoms with E-state index in [9.17, 15) is 4.79 Å². The lowest BCUT2D eigenvalue weighted by Gasteiger charge is -2.42. The summed E-state index contributed by atoms with van der Waals surface area (Å²) < 4.78 is 0. The summed E-state index contributed by atoms with van der Waals surface area (Å²) in [4.78, 5) is 15.4. The van der Waals surface area contributed by atoms with Crippen LogP contribution in [0.25, 0.3) is 0 Å². The summed E-state index contributed by atoms with van der Waals surface area (Å²) in [6, 6.07) is 8.56. The second-order valence-electron chi connectivity index (χ2n) is 6.14. The monoisotopic (exact) mass is 287 g/mol. The first kappa shape index (κ1) is 16.2. The maximum Gasteiger partial charge on any atom is 0.153 e. The zero-order valence-electron chi connectivity index (χ0n) is 14.0. The van der Waals surface area contributed by atoms with Gasteiger partial charge in [0.1, 0.15) is 0 Å². The van der Waals surface area contributed by atoms with Crippen LogP contribution in [0.4, 0.5) is 0 Å². The predicted molar refractivity (Wildman–Crippen MR) is 88.7 cm³/mol. The molecule has 2 rings (SSSR count). The van der Waals surface area contributed by atoms with Gasteiger partial charge >= 0.3 is 0 Å².